The zero-order valence-electron chi connectivity index (χ0n) is 16.0. The molecule has 1 heterocycles. The molecule has 5 nitrogen and oxygen atoms in total. The van der Waals surface area contributed by atoms with Crippen molar-refractivity contribution in [1.82, 2.24) is 4.90 Å². The van der Waals surface area contributed by atoms with Crippen LogP contribution in [0.2, 0.25) is 0 Å². The van der Waals surface area contributed by atoms with Crippen molar-refractivity contribution in [2.24, 2.45) is 0 Å². The van der Waals surface area contributed by atoms with Crippen molar-refractivity contribution in [3.8, 4) is 5.75 Å². The highest BCUT2D eigenvalue weighted by atomic mass is 16.5. The van der Waals surface area contributed by atoms with Crippen LogP contribution in [0.4, 0.5) is 11.4 Å². The minimum Gasteiger partial charge on any atom is -0.496 e. The van der Waals surface area contributed by atoms with E-state index in [0.717, 1.165) is 49.7 Å². The summed E-state index contributed by atoms with van der Waals surface area (Å²) in [6.45, 7) is 7.60. The van der Waals surface area contributed by atoms with Gasteiger partial charge in [-0.15, -0.1) is 0 Å². The van der Waals surface area contributed by atoms with Crippen LogP contribution in [-0.4, -0.2) is 50.6 Å². The monoisotopic (exact) mass is 365 g/mol. The van der Waals surface area contributed by atoms with E-state index in [0.29, 0.717) is 0 Å². The molecule has 142 valence electrons. The molecule has 1 saturated heterocycles. The van der Waals surface area contributed by atoms with E-state index >= 15 is 0 Å². The summed E-state index contributed by atoms with van der Waals surface area (Å²) < 4.78 is 5.29. The summed E-state index contributed by atoms with van der Waals surface area (Å²) in [4.78, 5) is 17.0. The summed E-state index contributed by atoms with van der Waals surface area (Å²) in [6, 6.07) is 15.7. The summed E-state index contributed by atoms with van der Waals surface area (Å²) in [7, 11) is 1.62. The highest BCUT2D eigenvalue weighted by Crippen LogP contribution is 2.20. The Labute approximate surface area is 161 Å². The van der Waals surface area contributed by atoms with Crippen molar-refractivity contribution in [2.45, 2.75) is 6.92 Å². The number of benzene rings is 2. The van der Waals surface area contributed by atoms with Crippen LogP contribution < -0.4 is 15.0 Å². The second-order valence-corrected chi connectivity index (χ2v) is 6.53. The number of piperazine rings is 1. The minimum atomic E-state index is -0.162. The molecule has 0 aliphatic carbocycles. The van der Waals surface area contributed by atoms with Crippen LogP contribution in [0.3, 0.4) is 0 Å². The van der Waals surface area contributed by atoms with Crippen LogP contribution in [0, 0.1) is 0 Å². The number of hydrogen-bond acceptors (Lipinski definition) is 4. The number of methoxy groups -OCH3 is 1. The number of nitrogens with zero attached hydrogens (tertiary/aromatic N) is 2. The maximum absolute atomic E-state index is 12.2. The number of carbonyl (C=O) groups excluding carboxylic acids is 1. The topological polar surface area (TPSA) is 44.8 Å². The standard InChI is InChI=1S/C22H27N3O2/c1-3-24-14-16-25(17-15-24)20-11-9-19(10-12-20)23-22(26)13-8-18-6-4-5-7-21(18)27-2/h4-13H,3,14-17H2,1-2H3,(H,23,26). The first-order valence-electron chi connectivity index (χ1n) is 9.39. The average Bonchev–Trinajstić information content (AvgIpc) is 2.73. The molecule has 0 bridgehead atoms. The van der Waals surface area contributed by atoms with E-state index in [1.807, 2.05) is 36.4 Å². The molecule has 1 N–H and O–H groups in total. The Morgan fingerprint density at radius 3 is 2.44 bits per heavy atom. The Balaban J connectivity index is 1.56. The summed E-state index contributed by atoms with van der Waals surface area (Å²) in [5.41, 5.74) is 2.87. The van der Waals surface area contributed by atoms with Gasteiger partial charge in [-0.05, 0) is 43.0 Å². The number of ether oxygens (including phenoxy) is 1. The highest BCUT2D eigenvalue weighted by Gasteiger charge is 2.15. The lowest BCUT2D eigenvalue weighted by Crippen LogP contribution is -2.46. The van der Waals surface area contributed by atoms with Gasteiger partial charge >= 0.3 is 0 Å². The molecule has 3 rings (SSSR count). The fraction of sp³-hybridized carbons (Fsp3) is 0.318. The van der Waals surface area contributed by atoms with Crippen molar-refractivity contribution in [3.05, 3.63) is 60.2 Å². The van der Waals surface area contributed by atoms with Crippen LogP contribution in [0.15, 0.2) is 54.6 Å². The molecule has 0 saturated carbocycles. The predicted molar refractivity (Wildman–Crippen MR) is 111 cm³/mol. The van der Waals surface area contributed by atoms with Gasteiger partial charge in [-0.2, -0.15) is 0 Å². The molecule has 0 atom stereocenters. The molecule has 0 aromatic heterocycles. The molecular formula is C22H27N3O2. The van der Waals surface area contributed by atoms with E-state index in [4.69, 9.17) is 4.74 Å². The second kappa shape index (κ2) is 9.24. The number of para-hydroxylation sites is 1. The van der Waals surface area contributed by atoms with Crippen LogP contribution >= 0.6 is 0 Å². The smallest absolute Gasteiger partial charge is 0.248 e. The normalized spacial score (nSPS) is 15.1. The van der Waals surface area contributed by atoms with Crippen molar-refractivity contribution >= 4 is 23.4 Å². The number of amides is 1. The molecule has 0 spiro atoms. The van der Waals surface area contributed by atoms with Crippen molar-refractivity contribution in [3.63, 3.8) is 0 Å². The zero-order valence-corrected chi connectivity index (χ0v) is 16.0. The van der Waals surface area contributed by atoms with Gasteiger partial charge in [0.2, 0.25) is 5.91 Å². The fourth-order valence-electron chi connectivity index (χ4n) is 3.23. The van der Waals surface area contributed by atoms with Gasteiger partial charge in [-0.25, -0.2) is 0 Å². The average molecular weight is 365 g/mol. The van der Waals surface area contributed by atoms with Crippen LogP contribution in [-0.2, 0) is 4.79 Å². The van der Waals surface area contributed by atoms with Gasteiger partial charge in [-0.3, -0.25) is 4.79 Å². The molecule has 1 aliphatic rings. The van der Waals surface area contributed by atoms with E-state index in [2.05, 4.69) is 34.2 Å². The first kappa shape index (κ1) is 19.0. The summed E-state index contributed by atoms with van der Waals surface area (Å²) in [6.07, 6.45) is 3.28. The SMILES string of the molecule is CCN1CCN(c2ccc(NC(=O)C=Cc3ccccc3OC)cc2)CC1. The Kier molecular flexibility index (Phi) is 6.49. The summed E-state index contributed by atoms with van der Waals surface area (Å²) in [5, 5.41) is 2.90. The molecule has 2 aromatic rings. The Hall–Kier alpha value is -2.79. The first-order valence-corrected chi connectivity index (χ1v) is 9.39. The van der Waals surface area contributed by atoms with Gasteiger partial charge in [0.1, 0.15) is 5.75 Å². The van der Waals surface area contributed by atoms with Gasteiger partial charge < -0.3 is 19.9 Å². The number of anilines is 2. The molecule has 1 aliphatic heterocycles. The van der Waals surface area contributed by atoms with E-state index in [1.165, 1.54) is 11.8 Å². The number of rotatable bonds is 6. The van der Waals surface area contributed by atoms with Gasteiger partial charge in [0.15, 0.2) is 0 Å². The third-order valence-electron chi connectivity index (χ3n) is 4.87. The molecule has 1 fully saturated rings. The Bertz CT molecular complexity index is 778. The van der Waals surface area contributed by atoms with Crippen LogP contribution in [0.1, 0.15) is 12.5 Å². The summed E-state index contributed by atoms with van der Waals surface area (Å²) in [5.74, 6) is 0.583. The lowest BCUT2D eigenvalue weighted by molar-refractivity contribution is -0.111. The quantitative estimate of drug-likeness (QED) is 0.796. The van der Waals surface area contributed by atoms with E-state index in [9.17, 15) is 4.79 Å². The fourth-order valence-corrected chi connectivity index (χ4v) is 3.23. The third-order valence-corrected chi connectivity index (χ3v) is 4.87. The molecule has 27 heavy (non-hydrogen) atoms. The van der Waals surface area contributed by atoms with Gasteiger partial charge in [-0.1, -0.05) is 25.1 Å². The second-order valence-electron chi connectivity index (χ2n) is 6.53. The van der Waals surface area contributed by atoms with Gasteiger partial charge in [0.25, 0.3) is 0 Å². The maximum atomic E-state index is 12.2. The first-order chi connectivity index (χ1) is 13.2. The Morgan fingerprint density at radius 2 is 1.78 bits per heavy atom. The highest BCUT2D eigenvalue weighted by molar-refractivity contribution is 6.02. The largest absolute Gasteiger partial charge is 0.496 e. The minimum absolute atomic E-state index is 0.162. The van der Waals surface area contributed by atoms with Gasteiger partial charge in [0.05, 0.1) is 7.11 Å². The van der Waals surface area contributed by atoms with Crippen molar-refractivity contribution in [1.29, 1.82) is 0 Å². The Morgan fingerprint density at radius 1 is 1.07 bits per heavy atom. The molecular weight excluding hydrogens is 338 g/mol. The lowest BCUT2D eigenvalue weighted by Gasteiger charge is -2.35. The number of nitrogens with one attached hydrogen (secondary N) is 1. The van der Waals surface area contributed by atoms with Gasteiger partial charge in [0, 0.05) is 49.2 Å². The van der Waals surface area contributed by atoms with Crippen molar-refractivity contribution < 1.29 is 9.53 Å². The molecule has 5 heteroatoms. The van der Waals surface area contributed by atoms with Crippen LogP contribution in [0.25, 0.3) is 6.08 Å². The summed E-state index contributed by atoms with van der Waals surface area (Å²) >= 11 is 0. The number of hydrogen-bond donors (Lipinski definition) is 1. The molecule has 0 radical (unpaired) electrons. The van der Waals surface area contributed by atoms with E-state index in [1.54, 1.807) is 13.2 Å². The molecule has 0 unspecified atom stereocenters. The lowest BCUT2D eigenvalue weighted by atomic mass is 10.2. The molecule has 1 amide bonds. The predicted octanol–water partition coefficient (Wildman–Crippen LogP) is 3.49. The molecule has 2 aromatic carbocycles. The number of likely N-dealkylation sites (N-methyl/N-ethyl adjacent to an activating group) is 1. The van der Waals surface area contributed by atoms with E-state index < -0.39 is 0 Å². The van der Waals surface area contributed by atoms with Crippen molar-refractivity contribution in [2.75, 3.05) is 50.1 Å². The zero-order chi connectivity index (χ0) is 19.1. The third kappa shape index (κ3) is 5.11. The number of carbonyl (C=O) groups is 1. The van der Waals surface area contributed by atoms with Crippen LogP contribution in [0.5, 0.6) is 5.75 Å². The van der Waals surface area contributed by atoms with E-state index in [-0.39, 0.29) is 5.91 Å². The maximum Gasteiger partial charge on any atom is 0.248 e.